The van der Waals surface area contributed by atoms with Gasteiger partial charge in [0, 0.05) is 6.42 Å². The van der Waals surface area contributed by atoms with Crippen LogP contribution in [0.1, 0.15) is 36.3 Å². The molecule has 0 saturated heterocycles. The summed E-state index contributed by atoms with van der Waals surface area (Å²) in [6.07, 6.45) is -3.47. The Morgan fingerprint density at radius 3 is 2.64 bits per heavy atom. The molecule has 1 aliphatic carbocycles. The van der Waals surface area contributed by atoms with E-state index < -0.39 is 11.7 Å². The lowest BCUT2D eigenvalue weighted by molar-refractivity contribution is -0.201. The molecule has 0 fully saturated rings. The van der Waals surface area contributed by atoms with Crippen molar-refractivity contribution in [2.45, 2.75) is 44.4 Å². The molecule has 0 bridgehead atoms. The van der Waals surface area contributed by atoms with Gasteiger partial charge in [0.1, 0.15) is 5.54 Å². The first kappa shape index (κ1) is 15.0. The maximum absolute atomic E-state index is 13.7. The number of benzene rings is 1. The zero-order chi connectivity index (χ0) is 15.8. The highest BCUT2D eigenvalue weighted by Crippen LogP contribution is 2.48. The number of alkyl halides is 3. The number of aryl methyl sites for hydroxylation is 2. The second-order valence-corrected chi connectivity index (χ2v) is 5.36. The number of hydrogen-bond donors (Lipinski definition) is 1. The summed E-state index contributed by atoms with van der Waals surface area (Å²) in [4.78, 5) is 0. The van der Waals surface area contributed by atoms with Gasteiger partial charge in [-0.3, -0.25) is 5.32 Å². The maximum Gasteiger partial charge on any atom is 0.410 e. The van der Waals surface area contributed by atoms with Crippen LogP contribution in [0.2, 0.25) is 0 Å². The van der Waals surface area contributed by atoms with Gasteiger partial charge in [0.05, 0.1) is 6.54 Å². The van der Waals surface area contributed by atoms with E-state index in [4.69, 9.17) is 4.42 Å². The number of fused-ring (bicyclic) bond motifs is 1. The fourth-order valence-electron chi connectivity index (χ4n) is 2.92. The topological polar surface area (TPSA) is 51.0 Å². The number of nitrogens with zero attached hydrogens (tertiary/aromatic N) is 2. The highest BCUT2D eigenvalue weighted by molar-refractivity contribution is 5.40. The van der Waals surface area contributed by atoms with Gasteiger partial charge >= 0.3 is 6.18 Å². The lowest BCUT2D eigenvalue weighted by Gasteiger charge is -2.33. The van der Waals surface area contributed by atoms with Gasteiger partial charge in [0.2, 0.25) is 11.8 Å². The van der Waals surface area contributed by atoms with E-state index in [0.29, 0.717) is 18.7 Å². The molecule has 0 amide bonds. The van der Waals surface area contributed by atoms with Crippen molar-refractivity contribution in [2.24, 2.45) is 0 Å². The number of aromatic nitrogens is 2. The largest absolute Gasteiger partial charge is 0.424 e. The van der Waals surface area contributed by atoms with E-state index in [1.165, 1.54) is 6.07 Å². The van der Waals surface area contributed by atoms with Crippen molar-refractivity contribution in [3.63, 3.8) is 0 Å². The smallest absolute Gasteiger partial charge is 0.410 e. The van der Waals surface area contributed by atoms with Crippen LogP contribution in [0.15, 0.2) is 28.7 Å². The Hall–Kier alpha value is -1.89. The Bertz CT molecular complexity index is 668. The Labute approximate surface area is 125 Å². The number of hydrogen-bond acceptors (Lipinski definition) is 4. The van der Waals surface area contributed by atoms with Crippen molar-refractivity contribution in [2.75, 3.05) is 0 Å². The minimum Gasteiger partial charge on any atom is -0.424 e. The van der Waals surface area contributed by atoms with Gasteiger partial charge in [0.15, 0.2) is 0 Å². The highest BCUT2D eigenvalue weighted by atomic mass is 19.4. The third-order valence-corrected chi connectivity index (χ3v) is 4.08. The molecule has 1 N–H and O–H groups in total. The molecule has 7 heteroatoms. The van der Waals surface area contributed by atoms with Gasteiger partial charge < -0.3 is 4.42 Å². The van der Waals surface area contributed by atoms with Gasteiger partial charge in [-0.25, -0.2) is 0 Å². The quantitative estimate of drug-likeness (QED) is 0.942. The molecule has 118 valence electrons. The molecule has 0 saturated carbocycles. The summed E-state index contributed by atoms with van der Waals surface area (Å²) < 4.78 is 46.5. The molecule has 3 rings (SSSR count). The van der Waals surface area contributed by atoms with Crippen molar-refractivity contribution in [1.82, 2.24) is 15.5 Å². The first-order chi connectivity index (χ1) is 10.5. The van der Waals surface area contributed by atoms with Gasteiger partial charge in [-0.2, -0.15) is 13.2 Å². The van der Waals surface area contributed by atoms with Crippen molar-refractivity contribution in [3.05, 3.63) is 47.2 Å². The second kappa shape index (κ2) is 5.39. The minimum atomic E-state index is -4.40. The Morgan fingerprint density at radius 2 is 1.95 bits per heavy atom. The summed E-state index contributed by atoms with van der Waals surface area (Å²) in [5, 5.41) is 10.2. The van der Waals surface area contributed by atoms with Crippen LogP contribution in [0.5, 0.6) is 0 Å². The maximum atomic E-state index is 13.7. The summed E-state index contributed by atoms with van der Waals surface area (Å²) >= 11 is 0. The average molecular weight is 311 g/mol. The lowest BCUT2D eigenvalue weighted by atomic mass is 9.91. The summed E-state index contributed by atoms with van der Waals surface area (Å²) in [6, 6.07) is 6.67. The SMILES string of the molecule is CCc1nnc(CN[C@]2(C(F)(F)F)CCc3ccccc32)o1. The van der Waals surface area contributed by atoms with Crippen LogP contribution in [-0.2, 0) is 24.9 Å². The zero-order valence-corrected chi connectivity index (χ0v) is 12.1. The Balaban J connectivity index is 1.89. The third-order valence-electron chi connectivity index (χ3n) is 4.08. The zero-order valence-electron chi connectivity index (χ0n) is 12.1. The molecule has 0 spiro atoms. The Kier molecular flexibility index (Phi) is 3.68. The highest BCUT2D eigenvalue weighted by Gasteiger charge is 2.58. The molecular weight excluding hydrogens is 295 g/mol. The molecule has 22 heavy (non-hydrogen) atoms. The summed E-state index contributed by atoms with van der Waals surface area (Å²) in [6.45, 7) is 1.73. The summed E-state index contributed by atoms with van der Waals surface area (Å²) in [5.74, 6) is 0.592. The second-order valence-electron chi connectivity index (χ2n) is 5.36. The minimum absolute atomic E-state index is 0.0232. The van der Waals surface area contributed by atoms with E-state index in [1.54, 1.807) is 18.2 Å². The van der Waals surface area contributed by atoms with Crippen LogP contribution in [0.4, 0.5) is 13.2 Å². The van der Waals surface area contributed by atoms with E-state index in [0.717, 1.165) is 5.56 Å². The molecular formula is C15H16F3N3O. The standard InChI is InChI=1S/C15H16F3N3O/c1-2-12-20-21-13(22-12)9-19-14(15(16,17)18)8-7-10-5-3-4-6-11(10)14/h3-6,19H,2,7-9H2,1H3/t14-/m1/s1. The molecule has 0 unspecified atom stereocenters. The predicted molar refractivity (Wildman–Crippen MR) is 73.0 cm³/mol. The fraction of sp³-hybridized carbons (Fsp3) is 0.467. The Morgan fingerprint density at radius 1 is 1.23 bits per heavy atom. The van der Waals surface area contributed by atoms with Gasteiger partial charge in [-0.15, -0.1) is 10.2 Å². The van der Waals surface area contributed by atoms with E-state index in [1.807, 2.05) is 6.92 Å². The average Bonchev–Trinajstić information content (AvgIpc) is 3.09. The first-order valence-corrected chi connectivity index (χ1v) is 7.17. The third kappa shape index (κ3) is 2.39. The van der Waals surface area contributed by atoms with Crippen LogP contribution in [0.25, 0.3) is 0 Å². The van der Waals surface area contributed by atoms with Crippen LogP contribution in [-0.4, -0.2) is 16.4 Å². The molecule has 4 nitrogen and oxygen atoms in total. The molecule has 1 aromatic heterocycles. The van der Waals surface area contributed by atoms with E-state index in [-0.39, 0.29) is 24.4 Å². The van der Waals surface area contributed by atoms with E-state index in [2.05, 4.69) is 15.5 Å². The molecule has 1 aliphatic rings. The van der Waals surface area contributed by atoms with Crippen molar-refractivity contribution in [3.8, 4) is 0 Å². The van der Waals surface area contributed by atoms with Gasteiger partial charge in [-0.05, 0) is 24.0 Å². The molecule has 1 heterocycles. The van der Waals surface area contributed by atoms with Crippen LogP contribution < -0.4 is 5.32 Å². The molecule has 1 aromatic carbocycles. The molecule has 0 radical (unpaired) electrons. The van der Waals surface area contributed by atoms with Crippen molar-refractivity contribution in [1.29, 1.82) is 0 Å². The molecule has 2 aromatic rings. The number of halogens is 3. The van der Waals surface area contributed by atoms with Gasteiger partial charge in [0.25, 0.3) is 0 Å². The van der Waals surface area contributed by atoms with Crippen LogP contribution in [0, 0.1) is 0 Å². The summed E-state index contributed by atoms with van der Waals surface area (Å²) in [7, 11) is 0. The first-order valence-electron chi connectivity index (χ1n) is 7.17. The normalized spacial score (nSPS) is 21.1. The van der Waals surface area contributed by atoms with Crippen LogP contribution in [0.3, 0.4) is 0 Å². The lowest BCUT2D eigenvalue weighted by Crippen LogP contribution is -2.52. The summed E-state index contributed by atoms with van der Waals surface area (Å²) in [5.41, 5.74) is -1.03. The van der Waals surface area contributed by atoms with Crippen molar-refractivity contribution < 1.29 is 17.6 Å². The monoisotopic (exact) mass is 311 g/mol. The molecule has 1 atom stereocenters. The van der Waals surface area contributed by atoms with E-state index >= 15 is 0 Å². The van der Waals surface area contributed by atoms with Crippen LogP contribution >= 0.6 is 0 Å². The van der Waals surface area contributed by atoms with E-state index in [9.17, 15) is 13.2 Å². The predicted octanol–water partition coefficient (Wildman–Crippen LogP) is 3.13. The fourth-order valence-corrected chi connectivity index (χ4v) is 2.92. The number of nitrogens with one attached hydrogen (secondary N) is 1. The molecule has 0 aliphatic heterocycles. The van der Waals surface area contributed by atoms with Gasteiger partial charge in [-0.1, -0.05) is 31.2 Å². The van der Waals surface area contributed by atoms with Crippen molar-refractivity contribution >= 4 is 0 Å². The number of rotatable bonds is 4.